The lowest BCUT2D eigenvalue weighted by Gasteiger charge is -2.38. The van der Waals surface area contributed by atoms with Crippen LogP contribution < -0.4 is 10.5 Å². The first-order valence-electron chi connectivity index (χ1n) is 7.04. The van der Waals surface area contributed by atoms with Crippen LogP contribution in [-0.2, 0) is 10.0 Å². The summed E-state index contributed by atoms with van der Waals surface area (Å²) >= 11 is 0. The van der Waals surface area contributed by atoms with Crippen LogP contribution in [0, 0.1) is 6.92 Å². The smallest absolute Gasteiger partial charge is 0.241 e. The zero-order valence-electron chi connectivity index (χ0n) is 12.0. The molecule has 6 heteroatoms. The summed E-state index contributed by atoms with van der Waals surface area (Å²) in [6, 6.07) is 6.94. The van der Waals surface area contributed by atoms with Gasteiger partial charge in [0.15, 0.2) is 0 Å². The van der Waals surface area contributed by atoms with E-state index in [2.05, 4.69) is 9.71 Å². The number of hydrogen-bond acceptors (Lipinski definition) is 4. The summed E-state index contributed by atoms with van der Waals surface area (Å²) in [7, 11) is -3.58. The van der Waals surface area contributed by atoms with Crippen LogP contribution in [-0.4, -0.2) is 25.5 Å². The molecule has 1 aromatic carbocycles. The Balaban J connectivity index is 1.97. The van der Waals surface area contributed by atoms with Gasteiger partial charge in [-0.25, -0.2) is 13.1 Å². The van der Waals surface area contributed by atoms with Crippen molar-refractivity contribution in [1.29, 1.82) is 0 Å². The zero-order valence-corrected chi connectivity index (χ0v) is 12.8. The second-order valence-corrected chi connectivity index (χ2v) is 7.56. The Morgan fingerprint density at radius 3 is 2.76 bits per heavy atom. The molecule has 0 amide bonds. The van der Waals surface area contributed by atoms with E-state index in [0.29, 0.717) is 10.9 Å². The fourth-order valence-corrected chi connectivity index (χ4v) is 3.98. The Bertz CT molecular complexity index is 783. The van der Waals surface area contributed by atoms with E-state index in [-0.39, 0.29) is 17.0 Å². The summed E-state index contributed by atoms with van der Waals surface area (Å²) in [6.07, 6.45) is 4.47. The van der Waals surface area contributed by atoms with Crippen LogP contribution in [0.5, 0.6) is 0 Å². The molecule has 1 fully saturated rings. The number of sulfonamides is 1. The van der Waals surface area contributed by atoms with Crippen molar-refractivity contribution in [3.05, 3.63) is 36.0 Å². The second-order valence-electron chi connectivity index (χ2n) is 5.82. The highest BCUT2D eigenvalue weighted by Crippen LogP contribution is 2.29. The van der Waals surface area contributed by atoms with E-state index in [1.54, 1.807) is 30.5 Å². The van der Waals surface area contributed by atoms with E-state index in [4.69, 9.17) is 5.73 Å². The number of nitrogens with zero attached hydrogens (tertiary/aromatic N) is 1. The van der Waals surface area contributed by atoms with Crippen LogP contribution in [0.25, 0.3) is 10.9 Å². The summed E-state index contributed by atoms with van der Waals surface area (Å²) in [6.45, 7) is 2.20. The summed E-state index contributed by atoms with van der Waals surface area (Å²) in [5.41, 5.74) is 7.37. The SMILES string of the molecule is Cc1ccc(S(=O)(=O)NCC2(N)CCC2)c2cccnc12. The molecule has 21 heavy (non-hydrogen) atoms. The first-order valence-corrected chi connectivity index (χ1v) is 8.53. The number of nitrogens with two attached hydrogens (primary N) is 1. The summed E-state index contributed by atoms with van der Waals surface area (Å²) < 4.78 is 27.7. The van der Waals surface area contributed by atoms with Crippen molar-refractivity contribution < 1.29 is 8.42 Å². The highest BCUT2D eigenvalue weighted by atomic mass is 32.2. The van der Waals surface area contributed by atoms with Crippen molar-refractivity contribution in [1.82, 2.24) is 9.71 Å². The molecule has 3 rings (SSSR count). The third-order valence-corrected chi connectivity index (χ3v) is 5.64. The molecular formula is C15H19N3O2S. The van der Waals surface area contributed by atoms with Crippen molar-refractivity contribution in [2.24, 2.45) is 5.73 Å². The lowest BCUT2D eigenvalue weighted by atomic mass is 9.78. The third-order valence-electron chi connectivity index (χ3n) is 4.18. The van der Waals surface area contributed by atoms with Gasteiger partial charge >= 0.3 is 0 Å². The average molecular weight is 305 g/mol. The number of pyridine rings is 1. The zero-order chi connectivity index (χ0) is 15.1. The maximum atomic E-state index is 12.5. The molecule has 0 aliphatic heterocycles. The minimum absolute atomic E-state index is 0.263. The molecule has 0 radical (unpaired) electrons. The number of nitrogens with one attached hydrogen (secondary N) is 1. The predicted octanol–water partition coefficient (Wildman–Crippen LogP) is 1.70. The molecule has 2 aromatic rings. The predicted molar refractivity (Wildman–Crippen MR) is 82.4 cm³/mol. The van der Waals surface area contributed by atoms with E-state index in [0.717, 1.165) is 24.8 Å². The molecule has 5 nitrogen and oxygen atoms in total. The lowest BCUT2D eigenvalue weighted by Crippen LogP contribution is -2.54. The number of fused-ring (bicyclic) bond motifs is 1. The maximum Gasteiger partial charge on any atom is 0.241 e. The van der Waals surface area contributed by atoms with Crippen LogP contribution in [0.4, 0.5) is 0 Å². The quantitative estimate of drug-likeness (QED) is 0.900. The normalized spacial score (nSPS) is 17.6. The van der Waals surface area contributed by atoms with Gasteiger partial charge in [0.1, 0.15) is 0 Å². The van der Waals surface area contributed by atoms with Gasteiger partial charge in [0, 0.05) is 23.7 Å². The summed E-state index contributed by atoms with van der Waals surface area (Å²) in [5.74, 6) is 0. The molecule has 0 spiro atoms. The second kappa shape index (κ2) is 5.05. The Kier molecular flexibility index (Phi) is 3.47. The standard InChI is InChI=1S/C15H19N3O2S/c1-11-5-6-13(12-4-2-9-17-14(11)12)21(19,20)18-10-15(16)7-3-8-15/h2,4-6,9,18H,3,7-8,10,16H2,1H3. The minimum atomic E-state index is -3.58. The van der Waals surface area contributed by atoms with Gasteiger partial charge in [-0.2, -0.15) is 0 Å². The van der Waals surface area contributed by atoms with Crippen molar-refractivity contribution >= 4 is 20.9 Å². The van der Waals surface area contributed by atoms with Gasteiger partial charge in [-0.05, 0) is 49.9 Å². The Hall–Kier alpha value is -1.50. The van der Waals surface area contributed by atoms with Gasteiger partial charge in [-0.1, -0.05) is 6.07 Å². The van der Waals surface area contributed by atoms with Gasteiger partial charge in [-0.3, -0.25) is 4.98 Å². The number of benzene rings is 1. The minimum Gasteiger partial charge on any atom is -0.324 e. The van der Waals surface area contributed by atoms with Crippen LogP contribution in [0.1, 0.15) is 24.8 Å². The Morgan fingerprint density at radius 1 is 1.33 bits per heavy atom. The van der Waals surface area contributed by atoms with E-state index in [1.807, 2.05) is 6.92 Å². The van der Waals surface area contributed by atoms with Gasteiger partial charge in [0.05, 0.1) is 10.4 Å². The van der Waals surface area contributed by atoms with Crippen LogP contribution in [0.3, 0.4) is 0 Å². The average Bonchev–Trinajstić information content (AvgIpc) is 2.43. The molecule has 0 bridgehead atoms. The number of aromatic nitrogens is 1. The fraction of sp³-hybridized carbons (Fsp3) is 0.400. The molecule has 3 N–H and O–H groups in total. The van der Waals surface area contributed by atoms with Crippen molar-refractivity contribution in [3.8, 4) is 0 Å². The highest BCUT2D eigenvalue weighted by Gasteiger charge is 2.34. The molecule has 1 aliphatic rings. The van der Waals surface area contributed by atoms with Crippen LogP contribution in [0.2, 0.25) is 0 Å². The van der Waals surface area contributed by atoms with Crippen LogP contribution >= 0.6 is 0 Å². The largest absolute Gasteiger partial charge is 0.324 e. The van der Waals surface area contributed by atoms with Crippen LogP contribution in [0.15, 0.2) is 35.4 Å². The van der Waals surface area contributed by atoms with E-state index in [1.165, 1.54) is 0 Å². The maximum absolute atomic E-state index is 12.5. The lowest BCUT2D eigenvalue weighted by molar-refractivity contribution is 0.251. The summed E-state index contributed by atoms with van der Waals surface area (Å²) in [4.78, 5) is 4.54. The number of hydrogen-bond donors (Lipinski definition) is 2. The van der Waals surface area contributed by atoms with E-state index >= 15 is 0 Å². The molecule has 1 saturated carbocycles. The summed E-state index contributed by atoms with van der Waals surface area (Å²) in [5, 5.41) is 0.643. The number of aryl methyl sites for hydroxylation is 1. The first-order chi connectivity index (χ1) is 9.91. The Labute approximate surface area is 124 Å². The molecule has 1 aliphatic carbocycles. The monoisotopic (exact) mass is 305 g/mol. The third kappa shape index (κ3) is 2.66. The molecule has 0 atom stereocenters. The first kappa shape index (κ1) is 14.4. The molecule has 0 unspecified atom stereocenters. The number of rotatable bonds is 4. The highest BCUT2D eigenvalue weighted by molar-refractivity contribution is 7.89. The van der Waals surface area contributed by atoms with Gasteiger partial charge in [0.25, 0.3) is 0 Å². The topological polar surface area (TPSA) is 85.1 Å². The van der Waals surface area contributed by atoms with Gasteiger partial charge < -0.3 is 5.73 Å². The van der Waals surface area contributed by atoms with E-state index < -0.39 is 10.0 Å². The Morgan fingerprint density at radius 2 is 2.10 bits per heavy atom. The molecule has 1 aromatic heterocycles. The molecule has 1 heterocycles. The van der Waals surface area contributed by atoms with Gasteiger partial charge in [-0.15, -0.1) is 0 Å². The van der Waals surface area contributed by atoms with E-state index in [9.17, 15) is 8.42 Å². The van der Waals surface area contributed by atoms with Crippen molar-refractivity contribution in [2.45, 2.75) is 36.6 Å². The van der Waals surface area contributed by atoms with Crippen molar-refractivity contribution in [2.75, 3.05) is 6.54 Å². The van der Waals surface area contributed by atoms with Crippen molar-refractivity contribution in [3.63, 3.8) is 0 Å². The molecule has 112 valence electrons. The molecule has 0 saturated heterocycles. The van der Waals surface area contributed by atoms with Gasteiger partial charge in [0.2, 0.25) is 10.0 Å². The molecular weight excluding hydrogens is 286 g/mol. The fourth-order valence-electron chi connectivity index (χ4n) is 2.65.